The third-order valence-corrected chi connectivity index (χ3v) is 2.99. The van der Waals surface area contributed by atoms with Gasteiger partial charge in [-0.15, -0.1) is 0 Å². The number of para-hydroxylation sites is 1. The highest BCUT2D eigenvalue weighted by molar-refractivity contribution is 5.81. The van der Waals surface area contributed by atoms with Crippen LogP contribution in [0.1, 0.15) is 17.3 Å². The molecule has 0 aliphatic carbocycles. The summed E-state index contributed by atoms with van der Waals surface area (Å²) in [6, 6.07) is 9.90. The summed E-state index contributed by atoms with van der Waals surface area (Å²) in [6.07, 6.45) is 4.19. The molecule has 0 aliphatic heterocycles. The van der Waals surface area contributed by atoms with Crippen LogP contribution in [0.15, 0.2) is 42.7 Å². The number of nitrogens with zero attached hydrogens (tertiary/aromatic N) is 3. The van der Waals surface area contributed by atoms with Gasteiger partial charge in [0.15, 0.2) is 0 Å². The highest BCUT2D eigenvalue weighted by Gasteiger charge is 2.11. The van der Waals surface area contributed by atoms with Gasteiger partial charge in [0.1, 0.15) is 0 Å². The van der Waals surface area contributed by atoms with Gasteiger partial charge in [-0.05, 0) is 24.1 Å². The van der Waals surface area contributed by atoms with E-state index in [-0.39, 0.29) is 6.04 Å². The SMILES string of the molecule is NC(Cc1ccnc2ccccc12)c1cn[nH]n1. The van der Waals surface area contributed by atoms with E-state index in [1.54, 1.807) is 6.20 Å². The predicted molar refractivity (Wildman–Crippen MR) is 68.8 cm³/mol. The zero-order valence-electron chi connectivity index (χ0n) is 9.74. The predicted octanol–water partition coefficient (Wildman–Crippen LogP) is 1.60. The van der Waals surface area contributed by atoms with Crippen molar-refractivity contribution < 1.29 is 0 Å². The minimum absolute atomic E-state index is 0.158. The van der Waals surface area contributed by atoms with Gasteiger partial charge in [-0.3, -0.25) is 4.98 Å². The van der Waals surface area contributed by atoms with Gasteiger partial charge in [-0.1, -0.05) is 18.2 Å². The lowest BCUT2D eigenvalue weighted by molar-refractivity contribution is 0.694. The first kappa shape index (κ1) is 10.9. The molecule has 0 amide bonds. The molecule has 5 nitrogen and oxygen atoms in total. The van der Waals surface area contributed by atoms with E-state index in [1.165, 1.54) is 5.56 Å². The molecule has 5 heteroatoms. The van der Waals surface area contributed by atoms with Crippen molar-refractivity contribution in [1.29, 1.82) is 0 Å². The van der Waals surface area contributed by atoms with Gasteiger partial charge in [0.25, 0.3) is 0 Å². The van der Waals surface area contributed by atoms with Crippen LogP contribution in [0, 0.1) is 0 Å². The Balaban J connectivity index is 1.95. The first-order valence-electron chi connectivity index (χ1n) is 5.78. The van der Waals surface area contributed by atoms with Gasteiger partial charge in [-0.2, -0.15) is 15.4 Å². The van der Waals surface area contributed by atoms with Crippen LogP contribution in [0.3, 0.4) is 0 Å². The lowest BCUT2D eigenvalue weighted by atomic mass is 10.0. The van der Waals surface area contributed by atoms with Crippen LogP contribution in [0.5, 0.6) is 0 Å². The molecule has 0 fully saturated rings. The van der Waals surface area contributed by atoms with Crippen LogP contribution in [0.4, 0.5) is 0 Å². The number of nitrogens with two attached hydrogens (primary N) is 1. The van der Waals surface area contributed by atoms with Gasteiger partial charge in [-0.25, -0.2) is 0 Å². The normalized spacial score (nSPS) is 12.7. The van der Waals surface area contributed by atoms with Crippen LogP contribution in [-0.2, 0) is 6.42 Å². The van der Waals surface area contributed by atoms with E-state index in [0.717, 1.165) is 23.0 Å². The highest BCUT2D eigenvalue weighted by atomic mass is 15.3. The molecule has 0 spiro atoms. The lowest BCUT2D eigenvalue weighted by Crippen LogP contribution is -2.14. The van der Waals surface area contributed by atoms with E-state index >= 15 is 0 Å². The molecule has 0 bridgehead atoms. The maximum Gasteiger partial charge on any atom is 0.0995 e. The summed E-state index contributed by atoms with van der Waals surface area (Å²) in [5, 5.41) is 11.5. The number of H-pyrrole nitrogens is 1. The van der Waals surface area contributed by atoms with E-state index in [4.69, 9.17) is 5.73 Å². The molecule has 2 heterocycles. The third-order valence-electron chi connectivity index (χ3n) is 2.99. The molecule has 1 atom stereocenters. The van der Waals surface area contributed by atoms with Crippen LogP contribution in [0.2, 0.25) is 0 Å². The molecule has 1 aromatic carbocycles. The van der Waals surface area contributed by atoms with Crippen LogP contribution < -0.4 is 5.73 Å². The Morgan fingerprint density at radius 1 is 1.22 bits per heavy atom. The van der Waals surface area contributed by atoms with Crippen molar-refractivity contribution in [2.45, 2.75) is 12.5 Å². The number of aromatic nitrogens is 4. The zero-order chi connectivity index (χ0) is 12.4. The number of hydrogen-bond acceptors (Lipinski definition) is 4. The monoisotopic (exact) mass is 239 g/mol. The number of hydrogen-bond donors (Lipinski definition) is 2. The average molecular weight is 239 g/mol. The lowest BCUT2D eigenvalue weighted by Gasteiger charge is -2.10. The topological polar surface area (TPSA) is 80.5 Å². The Morgan fingerprint density at radius 3 is 2.94 bits per heavy atom. The quantitative estimate of drug-likeness (QED) is 0.727. The van der Waals surface area contributed by atoms with Crippen molar-refractivity contribution in [3.63, 3.8) is 0 Å². The minimum atomic E-state index is -0.158. The smallest absolute Gasteiger partial charge is 0.0995 e. The van der Waals surface area contributed by atoms with Crippen LogP contribution >= 0.6 is 0 Å². The van der Waals surface area contributed by atoms with Crippen LogP contribution in [-0.4, -0.2) is 20.4 Å². The van der Waals surface area contributed by atoms with Gasteiger partial charge in [0.05, 0.1) is 23.4 Å². The second kappa shape index (κ2) is 4.54. The molecule has 0 saturated carbocycles. The Bertz CT molecular complexity index is 642. The van der Waals surface area contributed by atoms with Gasteiger partial charge in [0.2, 0.25) is 0 Å². The zero-order valence-corrected chi connectivity index (χ0v) is 9.74. The summed E-state index contributed by atoms with van der Waals surface area (Å²) in [6.45, 7) is 0. The summed E-state index contributed by atoms with van der Waals surface area (Å²) in [4.78, 5) is 4.34. The fraction of sp³-hybridized carbons (Fsp3) is 0.154. The fourth-order valence-electron chi connectivity index (χ4n) is 2.06. The van der Waals surface area contributed by atoms with Crippen molar-refractivity contribution in [2.75, 3.05) is 0 Å². The second-order valence-corrected chi connectivity index (χ2v) is 4.19. The largest absolute Gasteiger partial charge is 0.322 e. The number of nitrogens with one attached hydrogen (secondary N) is 1. The molecule has 0 aliphatic rings. The molecule has 3 N–H and O–H groups in total. The molecule has 3 aromatic rings. The van der Waals surface area contributed by atoms with Gasteiger partial charge >= 0.3 is 0 Å². The molecule has 1 unspecified atom stereocenters. The van der Waals surface area contributed by atoms with E-state index in [1.807, 2.05) is 30.5 Å². The number of fused-ring (bicyclic) bond motifs is 1. The standard InChI is InChI=1S/C13H13N5/c14-11(13-8-16-18-17-13)7-9-5-6-15-12-4-2-1-3-10(9)12/h1-6,8,11H,7,14H2,(H,16,17,18). The van der Waals surface area contributed by atoms with Crippen LogP contribution in [0.25, 0.3) is 10.9 Å². The molecule has 90 valence electrons. The Kier molecular flexibility index (Phi) is 2.74. The number of pyridine rings is 1. The molecule has 2 aromatic heterocycles. The number of benzene rings is 1. The molecule has 3 rings (SSSR count). The molecule has 0 radical (unpaired) electrons. The highest BCUT2D eigenvalue weighted by Crippen LogP contribution is 2.20. The summed E-state index contributed by atoms with van der Waals surface area (Å²) in [7, 11) is 0. The second-order valence-electron chi connectivity index (χ2n) is 4.19. The summed E-state index contributed by atoms with van der Waals surface area (Å²) in [5.41, 5.74) is 9.06. The maximum absolute atomic E-state index is 6.12. The van der Waals surface area contributed by atoms with Crippen molar-refractivity contribution >= 4 is 10.9 Å². The minimum Gasteiger partial charge on any atom is -0.322 e. The van der Waals surface area contributed by atoms with Crippen molar-refractivity contribution in [3.05, 3.63) is 54.0 Å². The first-order valence-corrected chi connectivity index (χ1v) is 5.78. The van der Waals surface area contributed by atoms with Gasteiger partial charge < -0.3 is 5.73 Å². The molecular weight excluding hydrogens is 226 g/mol. The Hall–Kier alpha value is -2.27. The number of rotatable bonds is 3. The Labute approximate surface area is 104 Å². The van der Waals surface area contributed by atoms with E-state index < -0.39 is 0 Å². The van der Waals surface area contributed by atoms with E-state index in [0.29, 0.717) is 0 Å². The molecule has 0 saturated heterocycles. The van der Waals surface area contributed by atoms with E-state index in [9.17, 15) is 0 Å². The van der Waals surface area contributed by atoms with Crippen molar-refractivity contribution in [2.24, 2.45) is 5.73 Å². The Morgan fingerprint density at radius 2 is 2.11 bits per heavy atom. The summed E-state index contributed by atoms with van der Waals surface area (Å²) in [5.74, 6) is 0. The van der Waals surface area contributed by atoms with Gasteiger partial charge in [0, 0.05) is 11.6 Å². The average Bonchev–Trinajstić information content (AvgIpc) is 2.93. The first-order chi connectivity index (χ1) is 8.84. The van der Waals surface area contributed by atoms with Crippen molar-refractivity contribution in [3.8, 4) is 0 Å². The fourth-order valence-corrected chi connectivity index (χ4v) is 2.06. The number of aromatic amines is 1. The molecular formula is C13H13N5. The molecule has 18 heavy (non-hydrogen) atoms. The summed E-state index contributed by atoms with van der Waals surface area (Å²) < 4.78 is 0. The maximum atomic E-state index is 6.12. The summed E-state index contributed by atoms with van der Waals surface area (Å²) >= 11 is 0. The van der Waals surface area contributed by atoms with E-state index in [2.05, 4.69) is 26.5 Å². The third kappa shape index (κ3) is 1.96. The van der Waals surface area contributed by atoms with Crippen molar-refractivity contribution in [1.82, 2.24) is 20.4 Å².